The molecule has 0 aromatic rings. The Bertz CT molecular complexity index is 174. The molecule has 0 amide bonds. The maximum atomic E-state index is 6.07. The first-order chi connectivity index (χ1) is 8.26. The van der Waals surface area contributed by atoms with Crippen molar-refractivity contribution in [3.05, 3.63) is 0 Å². The van der Waals surface area contributed by atoms with Crippen molar-refractivity contribution < 1.29 is 0 Å². The summed E-state index contributed by atoms with van der Waals surface area (Å²) >= 11 is 0. The number of rotatable bonds is 8. The molecule has 1 aliphatic rings. The Kier molecular flexibility index (Phi) is 7.18. The van der Waals surface area contributed by atoms with E-state index in [0.717, 1.165) is 12.5 Å². The van der Waals surface area contributed by atoms with Gasteiger partial charge in [0.2, 0.25) is 0 Å². The van der Waals surface area contributed by atoms with E-state index in [1.54, 1.807) is 0 Å². The van der Waals surface area contributed by atoms with Crippen LogP contribution in [-0.2, 0) is 0 Å². The highest BCUT2D eigenvalue weighted by Gasteiger charge is 2.33. The van der Waals surface area contributed by atoms with Crippen LogP contribution >= 0.6 is 0 Å². The number of hydrogen-bond acceptors (Lipinski definition) is 1. The van der Waals surface area contributed by atoms with E-state index < -0.39 is 0 Å². The van der Waals surface area contributed by atoms with Crippen LogP contribution in [0.2, 0.25) is 0 Å². The number of hydrogen-bond donors (Lipinski definition) is 1. The lowest BCUT2D eigenvalue weighted by Gasteiger charge is -2.39. The third-order valence-electron chi connectivity index (χ3n) is 4.86. The largest absolute Gasteiger partial charge is 0.330 e. The highest BCUT2D eigenvalue weighted by molar-refractivity contribution is 4.86. The Morgan fingerprint density at radius 3 is 2.24 bits per heavy atom. The fraction of sp³-hybridized carbons (Fsp3) is 1.00. The quantitative estimate of drug-likeness (QED) is 0.599. The van der Waals surface area contributed by atoms with Crippen LogP contribution < -0.4 is 5.73 Å². The molecule has 0 spiro atoms. The van der Waals surface area contributed by atoms with E-state index in [9.17, 15) is 0 Å². The minimum atomic E-state index is 0.526. The molecule has 0 saturated heterocycles. The number of nitrogens with two attached hydrogens (primary N) is 1. The minimum absolute atomic E-state index is 0.526. The van der Waals surface area contributed by atoms with E-state index in [-0.39, 0.29) is 0 Å². The van der Waals surface area contributed by atoms with E-state index in [4.69, 9.17) is 5.73 Å². The van der Waals surface area contributed by atoms with Crippen LogP contribution in [0.25, 0.3) is 0 Å². The summed E-state index contributed by atoms with van der Waals surface area (Å²) in [7, 11) is 0. The van der Waals surface area contributed by atoms with Crippen LogP contribution in [0, 0.1) is 11.3 Å². The molecule has 17 heavy (non-hydrogen) atoms. The molecule has 0 aliphatic heterocycles. The summed E-state index contributed by atoms with van der Waals surface area (Å²) < 4.78 is 0. The Morgan fingerprint density at radius 1 is 1.00 bits per heavy atom. The predicted octanol–water partition coefficient (Wildman–Crippen LogP) is 4.89. The average Bonchev–Trinajstić information content (AvgIpc) is 2.37. The van der Waals surface area contributed by atoms with Gasteiger partial charge in [0.1, 0.15) is 0 Å². The van der Waals surface area contributed by atoms with Gasteiger partial charge in [-0.25, -0.2) is 0 Å². The molecule has 1 nitrogen and oxygen atoms in total. The first kappa shape index (κ1) is 15.0. The molecule has 0 atom stereocenters. The summed E-state index contributed by atoms with van der Waals surface area (Å²) in [5, 5.41) is 0. The lowest BCUT2D eigenvalue weighted by molar-refractivity contribution is 0.135. The van der Waals surface area contributed by atoms with Crippen LogP contribution in [0.15, 0.2) is 0 Å². The molecule has 0 bridgehead atoms. The van der Waals surface area contributed by atoms with E-state index in [1.807, 2.05) is 0 Å². The molecule has 0 aromatic heterocycles. The maximum Gasteiger partial charge on any atom is -0.00205 e. The molecule has 1 heteroatoms. The molecule has 2 N–H and O–H groups in total. The zero-order valence-corrected chi connectivity index (χ0v) is 12.1. The topological polar surface area (TPSA) is 26.0 Å². The van der Waals surface area contributed by atoms with Gasteiger partial charge in [0.05, 0.1) is 0 Å². The Hall–Kier alpha value is -0.0400. The van der Waals surface area contributed by atoms with Crippen molar-refractivity contribution in [1.29, 1.82) is 0 Å². The van der Waals surface area contributed by atoms with E-state index >= 15 is 0 Å². The Balaban J connectivity index is 2.28. The molecule has 102 valence electrons. The Labute approximate surface area is 109 Å². The third-order valence-corrected chi connectivity index (χ3v) is 4.86. The summed E-state index contributed by atoms with van der Waals surface area (Å²) in [6, 6.07) is 0. The van der Waals surface area contributed by atoms with Crippen LogP contribution in [-0.4, -0.2) is 6.54 Å². The second-order valence-electron chi connectivity index (χ2n) is 6.25. The van der Waals surface area contributed by atoms with Crippen molar-refractivity contribution in [3.8, 4) is 0 Å². The van der Waals surface area contributed by atoms with Gasteiger partial charge in [0.15, 0.2) is 0 Å². The van der Waals surface area contributed by atoms with Gasteiger partial charge in [-0.05, 0) is 50.0 Å². The van der Waals surface area contributed by atoms with Gasteiger partial charge >= 0.3 is 0 Å². The van der Waals surface area contributed by atoms with Crippen molar-refractivity contribution in [2.24, 2.45) is 17.1 Å². The van der Waals surface area contributed by atoms with Gasteiger partial charge in [0, 0.05) is 0 Å². The monoisotopic (exact) mass is 239 g/mol. The normalized spacial score (nSPS) is 29.5. The van der Waals surface area contributed by atoms with Crippen LogP contribution in [0.1, 0.15) is 84.5 Å². The molecule has 1 fully saturated rings. The second-order valence-corrected chi connectivity index (χ2v) is 6.25. The second kappa shape index (κ2) is 8.13. The number of unbranched alkanes of at least 4 members (excludes halogenated alkanes) is 3. The van der Waals surface area contributed by atoms with Crippen molar-refractivity contribution in [3.63, 3.8) is 0 Å². The summed E-state index contributed by atoms with van der Waals surface area (Å²) in [6.45, 7) is 5.53. The van der Waals surface area contributed by atoms with Gasteiger partial charge in [-0.3, -0.25) is 0 Å². The zero-order valence-electron chi connectivity index (χ0n) is 12.1. The first-order valence-electron chi connectivity index (χ1n) is 7.96. The summed E-state index contributed by atoms with van der Waals surface area (Å²) in [6.07, 6.45) is 15.4. The van der Waals surface area contributed by atoms with Crippen molar-refractivity contribution in [2.45, 2.75) is 84.5 Å². The molecule has 1 saturated carbocycles. The van der Waals surface area contributed by atoms with Crippen LogP contribution in [0.4, 0.5) is 0 Å². The smallest absolute Gasteiger partial charge is 0.00205 e. The first-order valence-corrected chi connectivity index (χ1v) is 7.96. The minimum Gasteiger partial charge on any atom is -0.330 e. The van der Waals surface area contributed by atoms with Crippen LogP contribution in [0.3, 0.4) is 0 Å². The average molecular weight is 239 g/mol. The van der Waals surface area contributed by atoms with Crippen molar-refractivity contribution in [2.75, 3.05) is 6.54 Å². The van der Waals surface area contributed by atoms with Crippen molar-refractivity contribution in [1.82, 2.24) is 0 Å². The predicted molar refractivity (Wildman–Crippen MR) is 77.1 cm³/mol. The molecular weight excluding hydrogens is 206 g/mol. The lowest BCUT2D eigenvalue weighted by Crippen LogP contribution is -2.34. The van der Waals surface area contributed by atoms with Gasteiger partial charge in [-0.15, -0.1) is 0 Å². The standard InChI is InChI=1S/C16H33N/c1-3-5-6-7-11-16(14-17)12-9-15(8-4-2)10-13-16/h15H,3-14,17H2,1-2H3. The lowest BCUT2D eigenvalue weighted by atomic mass is 9.67. The van der Waals surface area contributed by atoms with E-state index in [2.05, 4.69) is 13.8 Å². The van der Waals surface area contributed by atoms with Gasteiger partial charge < -0.3 is 5.73 Å². The highest BCUT2D eigenvalue weighted by atomic mass is 14.6. The van der Waals surface area contributed by atoms with Gasteiger partial charge in [-0.1, -0.05) is 52.4 Å². The van der Waals surface area contributed by atoms with Gasteiger partial charge in [0.25, 0.3) is 0 Å². The molecule has 1 rings (SSSR count). The summed E-state index contributed by atoms with van der Waals surface area (Å²) in [4.78, 5) is 0. The van der Waals surface area contributed by atoms with Crippen LogP contribution in [0.5, 0.6) is 0 Å². The summed E-state index contributed by atoms with van der Waals surface area (Å²) in [5.41, 5.74) is 6.60. The SMILES string of the molecule is CCCCCCC1(CN)CCC(CCC)CC1. The third kappa shape index (κ3) is 4.99. The summed E-state index contributed by atoms with van der Waals surface area (Å²) in [5.74, 6) is 1.01. The molecule has 0 unspecified atom stereocenters. The molecule has 0 radical (unpaired) electrons. The fourth-order valence-corrected chi connectivity index (χ4v) is 3.47. The molecular formula is C16H33N. The van der Waals surface area contributed by atoms with Crippen molar-refractivity contribution >= 4 is 0 Å². The van der Waals surface area contributed by atoms with E-state index in [1.165, 1.54) is 70.6 Å². The fourth-order valence-electron chi connectivity index (χ4n) is 3.47. The van der Waals surface area contributed by atoms with E-state index in [0.29, 0.717) is 5.41 Å². The van der Waals surface area contributed by atoms with Gasteiger partial charge in [-0.2, -0.15) is 0 Å². The highest BCUT2D eigenvalue weighted by Crippen LogP contribution is 2.43. The molecule has 0 aromatic carbocycles. The molecule has 1 aliphatic carbocycles. The zero-order chi connectivity index (χ0) is 12.6. The Morgan fingerprint density at radius 2 is 1.71 bits per heavy atom. The molecule has 0 heterocycles. The maximum absolute atomic E-state index is 6.07.